The van der Waals surface area contributed by atoms with Gasteiger partial charge in [-0.3, -0.25) is 0 Å². The van der Waals surface area contributed by atoms with Crippen molar-refractivity contribution in [2.24, 2.45) is 11.8 Å². The van der Waals surface area contributed by atoms with E-state index in [-0.39, 0.29) is 0 Å². The summed E-state index contributed by atoms with van der Waals surface area (Å²) in [5, 5.41) is 0. The van der Waals surface area contributed by atoms with Crippen LogP contribution in [0.15, 0.2) is 22.3 Å². The molecule has 21 heavy (non-hydrogen) atoms. The molecule has 1 aliphatic rings. The van der Waals surface area contributed by atoms with Gasteiger partial charge in [0.1, 0.15) is 0 Å². The van der Waals surface area contributed by atoms with Crippen molar-refractivity contribution in [1.29, 1.82) is 0 Å². The summed E-state index contributed by atoms with van der Waals surface area (Å²) in [4.78, 5) is 0. The van der Waals surface area contributed by atoms with Crippen molar-refractivity contribution in [3.05, 3.63) is 22.3 Å². The number of hydrogen-bond donors (Lipinski definition) is 0. The number of allylic oxidation sites excluding steroid dienone is 4. The van der Waals surface area contributed by atoms with Gasteiger partial charge in [-0.05, 0) is 70.4 Å². The molecule has 0 aromatic rings. The minimum Gasteiger partial charge on any atom is -0.243 e. The zero-order valence-corrected chi connectivity index (χ0v) is 15.8. The van der Waals surface area contributed by atoms with E-state index in [9.17, 15) is 4.21 Å². The van der Waals surface area contributed by atoms with Crippen LogP contribution < -0.4 is 0 Å². The largest absolute Gasteiger partial charge is 0.243 e. The Kier molecular flexibility index (Phi) is 7.35. The molecule has 2 atom stereocenters. The highest BCUT2D eigenvalue weighted by molar-refractivity contribution is 7.82. The van der Waals surface area contributed by atoms with Gasteiger partial charge in [0.2, 0.25) is 0 Å². The Morgan fingerprint density at radius 3 is 2.00 bits per heavy atom. The Morgan fingerprint density at radius 1 is 1.10 bits per heavy atom. The topological polar surface area (TPSA) is 20.3 Å². The smallest absolute Gasteiger partial charge is 0.0939 e. The molecular weight excluding hydrogens is 278 g/mol. The van der Waals surface area contributed by atoms with Crippen LogP contribution in [0.25, 0.3) is 0 Å². The van der Waals surface area contributed by atoms with E-state index in [1.807, 2.05) is 6.92 Å². The third kappa shape index (κ3) is 4.79. The summed E-state index contributed by atoms with van der Waals surface area (Å²) in [5.74, 6) is 2.06. The number of rotatable bonds is 5. The quantitative estimate of drug-likeness (QED) is 0.673. The lowest BCUT2D eigenvalue weighted by Crippen LogP contribution is -2.37. The molecular formula is C18H33NOS. The van der Waals surface area contributed by atoms with Crippen LogP contribution in [0.2, 0.25) is 0 Å². The van der Waals surface area contributed by atoms with Crippen LogP contribution in [0.4, 0.5) is 0 Å². The molecule has 122 valence electrons. The van der Waals surface area contributed by atoms with Crippen LogP contribution >= 0.6 is 0 Å². The highest BCUT2D eigenvalue weighted by Gasteiger charge is 2.28. The molecule has 0 aromatic carbocycles. The molecule has 2 nitrogen and oxygen atoms in total. The van der Waals surface area contributed by atoms with Gasteiger partial charge < -0.3 is 0 Å². The van der Waals surface area contributed by atoms with Gasteiger partial charge in [0.05, 0.1) is 11.0 Å². The number of piperidine rings is 1. The van der Waals surface area contributed by atoms with Crippen molar-refractivity contribution in [3.8, 4) is 0 Å². The lowest BCUT2D eigenvalue weighted by atomic mass is 9.77. The molecule has 0 spiro atoms. The molecule has 0 radical (unpaired) electrons. The number of nitrogens with zero attached hydrogens (tertiary/aromatic N) is 1. The van der Waals surface area contributed by atoms with Gasteiger partial charge in [0.15, 0.2) is 0 Å². The Balaban J connectivity index is 2.81. The van der Waals surface area contributed by atoms with Crippen LogP contribution in [0.5, 0.6) is 0 Å². The maximum Gasteiger partial charge on any atom is 0.0939 e. The molecule has 1 saturated heterocycles. The lowest BCUT2D eigenvalue weighted by molar-refractivity contribution is 0.241. The molecule has 1 aliphatic heterocycles. The van der Waals surface area contributed by atoms with E-state index in [2.05, 4.69) is 45.8 Å². The summed E-state index contributed by atoms with van der Waals surface area (Å²) in [5.41, 5.74) is 5.87. The van der Waals surface area contributed by atoms with Gasteiger partial charge in [-0.15, -0.1) is 0 Å². The molecule has 1 heterocycles. The maximum atomic E-state index is 11.9. The summed E-state index contributed by atoms with van der Waals surface area (Å²) in [6.07, 6.45) is 2.33. The minimum absolute atomic E-state index is 0.599. The van der Waals surface area contributed by atoms with Crippen molar-refractivity contribution >= 4 is 11.0 Å². The van der Waals surface area contributed by atoms with Gasteiger partial charge in [-0.25, -0.2) is 8.51 Å². The van der Waals surface area contributed by atoms with Crippen LogP contribution in [-0.2, 0) is 11.0 Å². The summed E-state index contributed by atoms with van der Waals surface area (Å²) >= 11 is 0. The van der Waals surface area contributed by atoms with E-state index in [0.29, 0.717) is 11.8 Å². The van der Waals surface area contributed by atoms with Crippen molar-refractivity contribution in [3.63, 3.8) is 0 Å². The first-order chi connectivity index (χ1) is 9.79. The first-order valence-corrected chi connectivity index (χ1v) is 9.52. The fraction of sp³-hybridized carbons (Fsp3) is 0.778. The van der Waals surface area contributed by atoms with Crippen LogP contribution in [0, 0.1) is 11.8 Å². The van der Waals surface area contributed by atoms with Crippen LogP contribution in [0.3, 0.4) is 0 Å². The average molecular weight is 312 g/mol. The molecule has 0 aromatic heterocycles. The first-order valence-electron chi connectivity index (χ1n) is 8.24. The molecule has 0 N–H and O–H groups in total. The van der Waals surface area contributed by atoms with Crippen molar-refractivity contribution in [1.82, 2.24) is 4.31 Å². The van der Waals surface area contributed by atoms with E-state index < -0.39 is 11.0 Å². The summed E-state index contributed by atoms with van der Waals surface area (Å²) < 4.78 is 14.1. The predicted molar refractivity (Wildman–Crippen MR) is 94.6 cm³/mol. The maximum absolute atomic E-state index is 11.9. The second-order valence-electron chi connectivity index (χ2n) is 6.70. The monoisotopic (exact) mass is 311 g/mol. The second-order valence-corrected chi connectivity index (χ2v) is 8.44. The van der Waals surface area contributed by atoms with E-state index in [1.165, 1.54) is 29.6 Å². The van der Waals surface area contributed by atoms with Gasteiger partial charge in [0.25, 0.3) is 0 Å². The highest BCUT2D eigenvalue weighted by atomic mass is 32.2. The Bertz CT molecular complexity index is 434. The first kappa shape index (κ1) is 18.6. The van der Waals surface area contributed by atoms with E-state index in [1.54, 1.807) is 5.57 Å². The van der Waals surface area contributed by atoms with Crippen molar-refractivity contribution in [2.75, 3.05) is 18.8 Å². The minimum atomic E-state index is -0.765. The van der Waals surface area contributed by atoms with Crippen LogP contribution in [0.1, 0.15) is 61.3 Å². The third-order valence-corrected chi connectivity index (χ3v) is 6.32. The van der Waals surface area contributed by atoms with E-state index >= 15 is 0 Å². The lowest BCUT2D eigenvalue weighted by Gasteiger charge is -2.35. The molecule has 1 rings (SSSR count). The average Bonchev–Trinajstić information content (AvgIpc) is 2.46. The van der Waals surface area contributed by atoms with E-state index in [0.717, 1.165) is 18.8 Å². The normalized spacial score (nSPS) is 20.0. The fourth-order valence-electron chi connectivity index (χ4n) is 3.44. The van der Waals surface area contributed by atoms with Gasteiger partial charge >= 0.3 is 0 Å². The van der Waals surface area contributed by atoms with Crippen LogP contribution in [-0.4, -0.2) is 27.4 Å². The summed E-state index contributed by atoms with van der Waals surface area (Å²) in [6.45, 7) is 17.5. The van der Waals surface area contributed by atoms with Gasteiger partial charge in [-0.2, -0.15) is 0 Å². The Labute approximate surface area is 134 Å². The predicted octanol–water partition coefficient (Wildman–Crippen LogP) is 4.71. The molecule has 3 heteroatoms. The highest BCUT2D eigenvalue weighted by Crippen LogP contribution is 2.35. The fourth-order valence-corrected chi connectivity index (χ4v) is 4.42. The number of hydrogen-bond acceptors (Lipinski definition) is 1. The second kappa shape index (κ2) is 8.28. The molecule has 0 aliphatic carbocycles. The standard InChI is InChI=1S/C18H33NOS/c1-8-21(20)19-11-9-17(10-12-19)16(7)18(14(4)5)15(6)13(2)3/h16-17H,8-12H2,1-7H3. The molecule has 1 fully saturated rings. The Hall–Kier alpha value is -0.410. The SMILES string of the molecule is CCS(=O)N1CCC(C(C)C(=C(C)C)C(C)=C(C)C)CC1. The zero-order valence-electron chi connectivity index (χ0n) is 15.0. The summed E-state index contributed by atoms with van der Waals surface area (Å²) in [7, 11) is -0.765. The zero-order chi connectivity index (χ0) is 16.2. The molecule has 0 saturated carbocycles. The summed E-state index contributed by atoms with van der Waals surface area (Å²) in [6, 6.07) is 0. The molecule has 2 unspecified atom stereocenters. The molecule has 0 bridgehead atoms. The van der Waals surface area contributed by atoms with Crippen molar-refractivity contribution in [2.45, 2.75) is 61.3 Å². The molecule has 0 amide bonds. The van der Waals surface area contributed by atoms with E-state index in [4.69, 9.17) is 0 Å². The van der Waals surface area contributed by atoms with Gasteiger partial charge in [0, 0.05) is 18.8 Å². The van der Waals surface area contributed by atoms with Gasteiger partial charge in [-0.1, -0.05) is 25.0 Å². The third-order valence-electron chi connectivity index (χ3n) is 4.89. The Morgan fingerprint density at radius 2 is 1.62 bits per heavy atom. The van der Waals surface area contributed by atoms with Crippen molar-refractivity contribution < 1.29 is 4.21 Å².